The quantitative estimate of drug-likeness (QED) is 0.717. The van der Waals surface area contributed by atoms with E-state index in [0.717, 1.165) is 0 Å². The van der Waals surface area contributed by atoms with Gasteiger partial charge in [-0.1, -0.05) is 60.7 Å². The molecule has 2 aromatic carbocycles. The average Bonchev–Trinajstić information content (AvgIpc) is 3.24. The van der Waals surface area contributed by atoms with Gasteiger partial charge >= 0.3 is 0 Å². The first-order valence-corrected chi connectivity index (χ1v) is 7.95. The first-order chi connectivity index (χ1) is 11.3. The fourth-order valence-electron chi connectivity index (χ4n) is 2.69. The predicted molar refractivity (Wildman–Crippen MR) is 88.4 cm³/mol. The Morgan fingerprint density at radius 3 is 2.23 bits per heavy atom. The summed E-state index contributed by atoms with van der Waals surface area (Å²) in [7, 11) is 0. The highest BCUT2D eigenvalue weighted by atomic mass is 16.5. The summed E-state index contributed by atoms with van der Waals surface area (Å²) in [5.41, 5.74) is 2.36. The van der Waals surface area contributed by atoms with Crippen molar-refractivity contribution in [1.29, 1.82) is 0 Å². The third kappa shape index (κ3) is 4.43. The fraction of sp³-hybridized carbons (Fsp3) is 0.400. The number of benzene rings is 2. The van der Waals surface area contributed by atoms with Crippen LogP contribution in [-0.4, -0.2) is 12.7 Å². The molecule has 0 saturated heterocycles. The Labute approximate surface area is 134 Å². The molecule has 0 N–H and O–H groups in total. The van der Waals surface area contributed by atoms with Crippen LogP contribution in [0, 0.1) is 11.8 Å². The summed E-state index contributed by atoms with van der Waals surface area (Å²) in [6.45, 7) is 3.96. The van der Waals surface area contributed by atoms with Crippen molar-refractivity contribution < 1.29 is 10.8 Å². The fourth-order valence-corrected chi connectivity index (χ4v) is 2.69. The summed E-state index contributed by atoms with van der Waals surface area (Å²) in [5.74, 6) is 0.582. The van der Waals surface area contributed by atoms with Gasteiger partial charge in [0.05, 0.1) is 25.9 Å². The van der Waals surface area contributed by atoms with Gasteiger partial charge in [-0.3, -0.25) is 0 Å². The van der Waals surface area contributed by atoms with Crippen molar-refractivity contribution in [1.82, 2.24) is 0 Å². The monoisotopic (exact) mass is 297 g/mol. The second kappa shape index (κ2) is 7.57. The van der Waals surface area contributed by atoms with Gasteiger partial charge in [-0.05, 0) is 36.3 Å². The van der Waals surface area contributed by atoms with Gasteiger partial charge in [0, 0.05) is 1.37 Å². The molecule has 2 heteroatoms. The summed E-state index contributed by atoms with van der Waals surface area (Å²) in [5, 5.41) is 0. The molecule has 1 fully saturated rings. The van der Waals surface area contributed by atoms with E-state index in [1.165, 1.54) is 11.1 Å². The molecule has 4 atom stereocenters. The number of hydrogen-bond donors (Lipinski definition) is 0. The third-order valence-corrected chi connectivity index (χ3v) is 4.14. The van der Waals surface area contributed by atoms with E-state index in [4.69, 9.17) is 10.8 Å². The lowest BCUT2D eigenvalue weighted by atomic mass is 10.2. The number of ether oxygens (including phenoxy) is 2. The van der Waals surface area contributed by atoms with E-state index >= 15 is 0 Å². The molecule has 0 heterocycles. The molecular weight excluding hydrogens is 272 g/mol. The van der Waals surface area contributed by atoms with Crippen LogP contribution in [0.25, 0.3) is 0 Å². The minimum atomic E-state index is -0.0588. The molecule has 0 unspecified atom stereocenters. The van der Waals surface area contributed by atoms with Gasteiger partial charge in [-0.25, -0.2) is 0 Å². The second-order valence-electron chi connectivity index (χ2n) is 5.94. The van der Waals surface area contributed by atoms with E-state index in [1.807, 2.05) is 36.4 Å². The second-order valence-corrected chi connectivity index (χ2v) is 5.94. The van der Waals surface area contributed by atoms with Crippen LogP contribution in [-0.2, 0) is 22.7 Å². The van der Waals surface area contributed by atoms with Crippen LogP contribution in [0.3, 0.4) is 0 Å². The van der Waals surface area contributed by atoms with Crippen molar-refractivity contribution >= 4 is 0 Å². The van der Waals surface area contributed by atoms with Crippen LogP contribution in [0.4, 0.5) is 0 Å². The molecule has 116 valence electrons. The molecule has 0 aromatic heterocycles. The molecule has 3 rings (SSSR count). The van der Waals surface area contributed by atoms with Crippen molar-refractivity contribution in [2.75, 3.05) is 6.61 Å². The highest BCUT2D eigenvalue weighted by molar-refractivity contribution is 5.14. The average molecular weight is 297 g/mol. The molecule has 0 amide bonds. The molecular formula is C20H24O2. The Kier molecular flexibility index (Phi) is 4.81. The molecule has 1 aliphatic carbocycles. The van der Waals surface area contributed by atoms with Gasteiger partial charge in [0.15, 0.2) is 0 Å². The van der Waals surface area contributed by atoms with Gasteiger partial charge in [0.2, 0.25) is 0 Å². The molecule has 2 nitrogen and oxygen atoms in total. The molecule has 0 spiro atoms. The van der Waals surface area contributed by atoms with Crippen molar-refractivity contribution in [2.24, 2.45) is 11.8 Å². The number of rotatable bonds is 8. The summed E-state index contributed by atoms with van der Waals surface area (Å²) >= 11 is 0. The normalized spacial score (nSPS) is 25.5. The largest absolute Gasteiger partial charge is 0.376 e. The van der Waals surface area contributed by atoms with Gasteiger partial charge in [-0.15, -0.1) is 0 Å². The zero-order valence-electron chi connectivity index (χ0n) is 14.0. The Balaban J connectivity index is 1.39. The van der Waals surface area contributed by atoms with Crippen LogP contribution in [0.2, 0.25) is 0 Å². The SMILES string of the molecule is [2H][C@H]1[C@@H](COCc2ccccc2)[C@H]1[C@H](C)OCc1ccccc1. The minimum absolute atomic E-state index is 0.0588. The molecule has 22 heavy (non-hydrogen) atoms. The lowest BCUT2D eigenvalue weighted by Gasteiger charge is -2.13. The van der Waals surface area contributed by atoms with Crippen molar-refractivity contribution in [3.05, 3.63) is 71.8 Å². The number of hydrogen-bond acceptors (Lipinski definition) is 2. The lowest BCUT2D eigenvalue weighted by molar-refractivity contribution is 0.0277. The zero-order valence-corrected chi connectivity index (χ0v) is 13.0. The van der Waals surface area contributed by atoms with E-state index in [-0.39, 0.29) is 18.4 Å². The van der Waals surface area contributed by atoms with E-state index in [0.29, 0.717) is 25.7 Å². The van der Waals surface area contributed by atoms with Crippen molar-refractivity contribution in [3.63, 3.8) is 0 Å². The highest BCUT2D eigenvalue weighted by Gasteiger charge is 2.41. The standard InChI is InChI=1S/C20H24O2/c1-16(22-14-18-10-6-3-7-11-18)20-12-19(20)15-21-13-17-8-4-2-5-9-17/h2-11,16,19-20H,12-15H2,1H3/t16-,19-,20+/m0/s1/i12D/t12-,16-,19-,20+. The van der Waals surface area contributed by atoms with E-state index < -0.39 is 0 Å². The van der Waals surface area contributed by atoms with Gasteiger partial charge in [0.1, 0.15) is 0 Å². The highest BCUT2D eigenvalue weighted by Crippen LogP contribution is 2.42. The van der Waals surface area contributed by atoms with Crippen LogP contribution >= 0.6 is 0 Å². The summed E-state index contributed by atoms with van der Waals surface area (Å²) in [4.78, 5) is 0. The van der Waals surface area contributed by atoms with E-state index in [9.17, 15) is 0 Å². The molecule has 1 aliphatic rings. The maximum Gasteiger partial charge on any atom is 0.0720 e. The Bertz CT molecular complexity index is 587. The maximum absolute atomic E-state index is 8.15. The molecule has 2 aromatic rings. The lowest BCUT2D eigenvalue weighted by Crippen LogP contribution is -2.13. The summed E-state index contributed by atoms with van der Waals surface area (Å²) in [6.07, 6.45) is 0.0413. The smallest absolute Gasteiger partial charge is 0.0720 e. The Morgan fingerprint density at radius 1 is 1.00 bits per heavy atom. The van der Waals surface area contributed by atoms with Crippen LogP contribution in [0.1, 0.15) is 25.8 Å². The molecule has 0 bridgehead atoms. The van der Waals surface area contributed by atoms with Crippen LogP contribution in [0.15, 0.2) is 60.7 Å². The summed E-state index contributed by atoms with van der Waals surface area (Å²) < 4.78 is 19.9. The molecule has 0 aliphatic heterocycles. The first kappa shape index (κ1) is 14.0. The zero-order chi connectivity index (χ0) is 16.1. The first-order valence-electron chi connectivity index (χ1n) is 8.53. The van der Waals surface area contributed by atoms with Gasteiger partial charge in [-0.2, -0.15) is 0 Å². The van der Waals surface area contributed by atoms with Gasteiger partial charge < -0.3 is 9.47 Å². The van der Waals surface area contributed by atoms with E-state index in [1.54, 1.807) is 0 Å². The van der Waals surface area contributed by atoms with Crippen molar-refractivity contribution in [3.8, 4) is 0 Å². The molecule has 0 radical (unpaired) electrons. The van der Waals surface area contributed by atoms with E-state index in [2.05, 4.69) is 31.2 Å². The molecule has 1 saturated carbocycles. The van der Waals surface area contributed by atoms with Gasteiger partial charge in [0.25, 0.3) is 0 Å². The van der Waals surface area contributed by atoms with Crippen molar-refractivity contribution in [2.45, 2.75) is 32.6 Å². The summed E-state index contributed by atoms with van der Waals surface area (Å²) in [6, 6.07) is 20.4. The van der Waals surface area contributed by atoms with Crippen LogP contribution in [0.5, 0.6) is 0 Å². The topological polar surface area (TPSA) is 18.5 Å². The minimum Gasteiger partial charge on any atom is -0.376 e. The predicted octanol–water partition coefficient (Wildman–Crippen LogP) is 4.44. The third-order valence-electron chi connectivity index (χ3n) is 4.14. The maximum atomic E-state index is 8.15. The van der Waals surface area contributed by atoms with Crippen LogP contribution < -0.4 is 0 Å². The Hall–Kier alpha value is -1.64. The Morgan fingerprint density at radius 2 is 1.59 bits per heavy atom.